The van der Waals surface area contributed by atoms with Gasteiger partial charge in [0.1, 0.15) is 0 Å². The molecule has 0 aromatic heterocycles. The minimum absolute atomic E-state index is 0.0337. The van der Waals surface area contributed by atoms with Gasteiger partial charge in [-0.2, -0.15) is 13.2 Å². The average Bonchev–Trinajstić information content (AvgIpc) is 3.32. The van der Waals surface area contributed by atoms with Crippen molar-refractivity contribution < 1.29 is 23.1 Å². The van der Waals surface area contributed by atoms with Crippen LogP contribution in [-0.2, 0) is 11.0 Å². The van der Waals surface area contributed by atoms with E-state index in [9.17, 15) is 23.1 Å². The highest BCUT2D eigenvalue weighted by Crippen LogP contribution is 2.48. The minimum Gasteiger partial charge on any atom is -0.388 e. The van der Waals surface area contributed by atoms with Gasteiger partial charge in [-0.25, -0.2) is 0 Å². The second kappa shape index (κ2) is 6.51. The maximum atomic E-state index is 12.5. The summed E-state index contributed by atoms with van der Waals surface area (Å²) in [5, 5.41) is 12.9. The molecule has 0 spiro atoms. The summed E-state index contributed by atoms with van der Waals surface area (Å²) in [5.41, 5.74) is -0.827. The summed E-state index contributed by atoms with van der Waals surface area (Å²) in [6, 6.07) is 4.98. The Morgan fingerprint density at radius 3 is 2.26 bits per heavy atom. The predicted molar refractivity (Wildman–Crippen MR) is 80.8 cm³/mol. The number of nitrogens with one attached hydrogen (secondary N) is 1. The maximum absolute atomic E-state index is 12.5. The lowest BCUT2D eigenvalue weighted by atomic mass is 9.97. The lowest BCUT2D eigenvalue weighted by Gasteiger charge is -2.25. The third-order valence-electron chi connectivity index (χ3n) is 4.70. The zero-order valence-corrected chi connectivity index (χ0v) is 13.3. The number of rotatable bonds is 6. The second-order valence-corrected chi connectivity index (χ2v) is 6.22. The van der Waals surface area contributed by atoms with Crippen LogP contribution in [0.15, 0.2) is 24.3 Å². The van der Waals surface area contributed by atoms with Gasteiger partial charge in [0.15, 0.2) is 0 Å². The Kier molecular flexibility index (Phi) is 5.04. The molecule has 2 N–H and O–H groups in total. The number of alkyl halides is 3. The van der Waals surface area contributed by atoms with Gasteiger partial charge in [-0.15, -0.1) is 0 Å². The largest absolute Gasteiger partial charge is 0.416 e. The first-order valence-corrected chi connectivity index (χ1v) is 7.87. The molecule has 6 heteroatoms. The number of hydrogen-bond donors (Lipinski definition) is 2. The van der Waals surface area contributed by atoms with E-state index >= 15 is 0 Å². The molecule has 128 valence electrons. The Hall–Kier alpha value is -1.56. The molecule has 0 radical (unpaired) electrons. The van der Waals surface area contributed by atoms with Gasteiger partial charge >= 0.3 is 6.18 Å². The molecule has 1 aromatic rings. The van der Waals surface area contributed by atoms with Gasteiger partial charge in [0.05, 0.1) is 11.2 Å². The van der Waals surface area contributed by atoms with Crippen molar-refractivity contribution >= 4 is 5.91 Å². The summed E-state index contributed by atoms with van der Waals surface area (Å²) in [4.78, 5) is 12.1. The Bertz CT molecular complexity index is 550. The van der Waals surface area contributed by atoms with Gasteiger partial charge in [0.25, 0.3) is 0 Å². The fourth-order valence-corrected chi connectivity index (χ4v) is 2.66. The second-order valence-electron chi connectivity index (χ2n) is 6.22. The maximum Gasteiger partial charge on any atom is 0.416 e. The first-order chi connectivity index (χ1) is 10.7. The summed E-state index contributed by atoms with van der Waals surface area (Å²) in [6.07, 6.45) is -2.61. The van der Waals surface area contributed by atoms with Crippen molar-refractivity contribution in [1.29, 1.82) is 0 Å². The fraction of sp³-hybridized carbons (Fsp3) is 0.588. The third-order valence-corrected chi connectivity index (χ3v) is 4.70. The van der Waals surface area contributed by atoms with Crippen molar-refractivity contribution in [2.75, 3.05) is 6.54 Å². The molecular formula is C17H22F3NO2. The zero-order chi connectivity index (χ0) is 17.3. The van der Waals surface area contributed by atoms with Crippen molar-refractivity contribution in [2.45, 2.75) is 50.8 Å². The van der Waals surface area contributed by atoms with Crippen LogP contribution >= 0.6 is 0 Å². The normalized spacial score (nSPS) is 21.1. The molecule has 1 aliphatic carbocycles. The molecular weight excluding hydrogens is 307 g/mol. The number of benzene rings is 1. The summed E-state index contributed by atoms with van der Waals surface area (Å²) in [7, 11) is 0. The van der Waals surface area contributed by atoms with E-state index in [1.54, 1.807) is 0 Å². The number of carbonyl (C=O) groups excluding carboxylic acids is 1. The van der Waals surface area contributed by atoms with Crippen LogP contribution in [0, 0.1) is 5.92 Å². The Morgan fingerprint density at radius 1 is 1.22 bits per heavy atom. The summed E-state index contributed by atoms with van der Waals surface area (Å²) >= 11 is 0. The van der Waals surface area contributed by atoms with Crippen molar-refractivity contribution in [3.63, 3.8) is 0 Å². The zero-order valence-electron chi connectivity index (χ0n) is 13.3. The summed E-state index contributed by atoms with van der Waals surface area (Å²) in [6.45, 7) is 3.92. The molecule has 2 unspecified atom stereocenters. The van der Waals surface area contributed by atoms with Crippen molar-refractivity contribution in [1.82, 2.24) is 5.32 Å². The highest BCUT2D eigenvalue weighted by atomic mass is 19.4. The topological polar surface area (TPSA) is 49.3 Å². The average molecular weight is 329 g/mol. The summed E-state index contributed by atoms with van der Waals surface area (Å²) < 4.78 is 37.6. The number of hydrogen-bond acceptors (Lipinski definition) is 2. The third kappa shape index (κ3) is 4.25. The Balaban J connectivity index is 1.90. The Morgan fingerprint density at radius 2 is 1.78 bits per heavy atom. The van der Waals surface area contributed by atoms with Crippen molar-refractivity contribution in [3.05, 3.63) is 35.4 Å². The molecule has 0 aliphatic heterocycles. The highest BCUT2D eigenvalue weighted by Gasteiger charge is 2.44. The quantitative estimate of drug-likeness (QED) is 0.839. The van der Waals surface area contributed by atoms with Crippen LogP contribution in [0.1, 0.15) is 50.2 Å². The number of aliphatic hydroxyl groups is 1. The lowest BCUT2D eigenvalue weighted by Crippen LogP contribution is -2.42. The van der Waals surface area contributed by atoms with Crippen LogP contribution in [0.2, 0.25) is 0 Å². The van der Waals surface area contributed by atoms with Crippen LogP contribution < -0.4 is 5.32 Å². The first kappa shape index (κ1) is 17.8. The molecule has 3 nitrogen and oxygen atoms in total. The molecule has 2 atom stereocenters. The van der Waals surface area contributed by atoms with E-state index in [2.05, 4.69) is 5.32 Å². The molecule has 1 aromatic carbocycles. The van der Waals surface area contributed by atoms with Crippen LogP contribution in [0.5, 0.6) is 0 Å². The molecule has 1 saturated carbocycles. The van der Waals surface area contributed by atoms with Gasteiger partial charge in [-0.1, -0.05) is 26.0 Å². The van der Waals surface area contributed by atoms with E-state index in [4.69, 9.17) is 0 Å². The van der Waals surface area contributed by atoms with E-state index in [0.717, 1.165) is 17.7 Å². The summed E-state index contributed by atoms with van der Waals surface area (Å²) in [5.74, 6) is -0.395. The van der Waals surface area contributed by atoms with E-state index in [-0.39, 0.29) is 24.3 Å². The van der Waals surface area contributed by atoms with Crippen LogP contribution in [0.25, 0.3) is 0 Å². The fourth-order valence-electron chi connectivity index (χ4n) is 2.66. The SMILES string of the molecule is CCC(O)(CC)CNC(=O)C1CC1c1ccc(C(F)(F)F)cc1. The molecule has 2 rings (SSSR count). The minimum atomic E-state index is -4.34. The number of amides is 1. The van der Waals surface area contributed by atoms with Crippen molar-refractivity contribution in [3.8, 4) is 0 Å². The Labute approximate surface area is 133 Å². The highest BCUT2D eigenvalue weighted by molar-refractivity contribution is 5.82. The van der Waals surface area contributed by atoms with E-state index in [1.807, 2.05) is 13.8 Å². The molecule has 0 heterocycles. The van der Waals surface area contributed by atoms with Gasteiger partial charge < -0.3 is 10.4 Å². The molecule has 23 heavy (non-hydrogen) atoms. The molecule has 1 aliphatic rings. The number of carbonyl (C=O) groups is 1. The van der Waals surface area contributed by atoms with Crippen LogP contribution in [0.4, 0.5) is 13.2 Å². The predicted octanol–water partition coefficient (Wildman–Crippen LogP) is 3.48. The van der Waals surface area contributed by atoms with Gasteiger partial charge in [-0.05, 0) is 42.9 Å². The molecule has 1 amide bonds. The molecule has 1 fully saturated rings. The standard InChI is InChI=1S/C17H22F3NO2/c1-3-16(23,4-2)10-21-15(22)14-9-13(14)11-5-7-12(8-6-11)17(18,19)20/h5-8,13-14,23H,3-4,9-10H2,1-2H3,(H,21,22). The van der Waals surface area contributed by atoms with E-state index < -0.39 is 17.3 Å². The van der Waals surface area contributed by atoms with E-state index in [0.29, 0.717) is 19.3 Å². The smallest absolute Gasteiger partial charge is 0.388 e. The van der Waals surface area contributed by atoms with Crippen LogP contribution in [-0.4, -0.2) is 23.2 Å². The number of halogens is 3. The molecule has 0 saturated heterocycles. The van der Waals surface area contributed by atoms with Gasteiger partial charge in [-0.3, -0.25) is 4.79 Å². The van der Waals surface area contributed by atoms with Crippen molar-refractivity contribution in [2.24, 2.45) is 5.92 Å². The van der Waals surface area contributed by atoms with Crippen LogP contribution in [0.3, 0.4) is 0 Å². The van der Waals surface area contributed by atoms with Gasteiger partial charge in [0, 0.05) is 12.5 Å². The molecule has 0 bridgehead atoms. The monoisotopic (exact) mass is 329 g/mol. The van der Waals surface area contributed by atoms with E-state index in [1.165, 1.54) is 12.1 Å². The van der Waals surface area contributed by atoms with Gasteiger partial charge in [0.2, 0.25) is 5.91 Å². The first-order valence-electron chi connectivity index (χ1n) is 7.87. The lowest BCUT2D eigenvalue weighted by molar-refractivity contribution is -0.137.